The minimum atomic E-state index is -0.316. The molecule has 4 nitrogen and oxygen atoms in total. The molecule has 4 N–H and O–H groups in total. The van der Waals surface area contributed by atoms with Crippen LogP contribution in [0.15, 0.2) is 42.5 Å². The first-order valence-electron chi connectivity index (χ1n) is 10.8. The van der Waals surface area contributed by atoms with Crippen molar-refractivity contribution in [1.82, 2.24) is 0 Å². The molecule has 3 aromatic carbocycles. The standard InChI is InChI=1S/C23H24O4.2C2H6/c1-12-14(3)20(25)9-7-17(12)23(19-6-5-16(24)11-22(19)27)18-8-10-21(26)15(4)13(18)2;2*1-2/h5-11,23-27H,1-4H3;2*1-2H3. The van der Waals surface area contributed by atoms with Crippen molar-refractivity contribution in [2.75, 3.05) is 0 Å². The molecule has 0 fully saturated rings. The molecule has 0 aliphatic heterocycles. The monoisotopic (exact) mass is 424 g/mol. The van der Waals surface area contributed by atoms with Crippen LogP contribution < -0.4 is 0 Å². The number of phenols is 4. The Bertz CT molecular complexity index is 965. The van der Waals surface area contributed by atoms with Gasteiger partial charge in [-0.25, -0.2) is 0 Å². The van der Waals surface area contributed by atoms with Gasteiger partial charge >= 0.3 is 0 Å². The first-order chi connectivity index (χ1) is 14.7. The zero-order valence-electron chi connectivity index (χ0n) is 19.9. The highest BCUT2D eigenvalue weighted by Crippen LogP contribution is 2.43. The third-order valence-corrected chi connectivity index (χ3v) is 5.55. The fourth-order valence-corrected chi connectivity index (χ4v) is 3.56. The van der Waals surface area contributed by atoms with Crippen LogP contribution in [0.1, 0.15) is 72.6 Å². The molecule has 0 spiro atoms. The highest BCUT2D eigenvalue weighted by atomic mass is 16.3. The van der Waals surface area contributed by atoms with E-state index in [2.05, 4.69) is 0 Å². The van der Waals surface area contributed by atoms with E-state index in [1.54, 1.807) is 24.3 Å². The molecule has 31 heavy (non-hydrogen) atoms. The molecule has 0 saturated carbocycles. The van der Waals surface area contributed by atoms with Crippen molar-refractivity contribution >= 4 is 0 Å². The van der Waals surface area contributed by atoms with E-state index >= 15 is 0 Å². The molecule has 0 aliphatic rings. The van der Waals surface area contributed by atoms with Gasteiger partial charge in [0.25, 0.3) is 0 Å². The van der Waals surface area contributed by atoms with E-state index in [-0.39, 0.29) is 28.9 Å². The average Bonchev–Trinajstić information content (AvgIpc) is 2.77. The van der Waals surface area contributed by atoms with E-state index in [0.29, 0.717) is 5.56 Å². The molecule has 168 valence electrons. The van der Waals surface area contributed by atoms with E-state index < -0.39 is 0 Å². The molecule has 3 aromatic rings. The molecule has 3 rings (SSSR count). The summed E-state index contributed by atoms with van der Waals surface area (Å²) in [5.74, 6) is 0.124. The van der Waals surface area contributed by atoms with Crippen LogP contribution in [0.5, 0.6) is 23.0 Å². The van der Waals surface area contributed by atoms with Gasteiger partial charge in [0.05, 0.1) is 0 Å². The van der Waals surface area contributed by atoms with Crippen molar-refractivity contribution in [3.63, 3.8) is 0 Å². The average molecular weight is 425 g/mol. The summed E-state index contributed by atoms with van der Waals surface area (Å²) in [5.41, 5.74) is 5.95. The fourth-order valence-electron chi connectivity index (χ4n) is 3.56. The van der Waals surface area contributed by atoms with Crippen LogP contribution in [-0.4, -0.2) is 20.4 Å². The number of hydrogen-bond acceptors (Lipinski definition) is 4. The van der Waals surface area contributed by atoms with Crippen molar-refractivity contribution < 1.29 is 20.4 Å². The molecule has 4 heteroatoms. The Morgan fingerprint density at radius 1 is 0.484 bits per heavy atom. The van der Waals surface area contributed by atoms with Gasteiger partial charge in [0, 0.05) is 17.5 Å². The Kier molecular flexibility index (Phi) is 9.44. The molecule has 0 unspecified atom stereocenters. The van der Waals surface area contributed by atoms with Crippen molar-refractivity contribution in [2.45, 2.75) is 61.3 Å². The number of rotatable bonds is 3. The quantitative estimate of drug-likeness (QED) is 0.342. The smallest absolute Gasteiger partial charge is 0.123 e. The van der Waals surface area contributed by atoms with Crippen molar-refractivity contribution in [1.29, 1.82) is 0 Å². The Balaban J connectivity index is 0.00000113. The van der Waals surface area contributed by atoms with E-state index in [1.165, 1.54) is 6.07 Å². The maximum Gasteiger partial charge on any atom is 0.123 e. The van der Waals surface area contributed by atoms with Crippen molar-refractivity contribution in [2.24, 2.45) is 0 Å². The van der Waals surface area contributed by atoms with Crippen LogP contribution in [0, 0.1) is 27.7 Å². The number of hydrogen-bond donors (Lipinski definition) is 4. The lowest BCUT2D eigenvalue weighted by atomic mass is 9.79. The Morgan fingerprint density at radius 2 is 0.871 bits per heavy atom. The Labute approximate surface area is 186 Å². The van der Waals surface area contributed by atoms with Gasteiger partial charge in [0.15, 0.2) is 0 Å². The molecule has 0 heterocycles. The highest BCUT2D eigenvalue weighted by molar-refractivity contribution is 5.58. The van der Waals surface area contributed by atoms with E-state index in [1.807, 2.05) is 67.5 Å². The Hall–Kier alpha value is -3.14. The van der Waals surface area contributed by atoms with Crippen LogP contribution in [0.4, 0.5) is 0 Å². The highest BCUT2D eigenvalue weighted by Gasteiger charge is 2.25. The molecular formula is C27H36O4. The molecule has 0 amide bonds. The zero-order valence-corrected chi connectivity index (χ0v) is 19.9. The predicted octanol–water partition coefficient (Wildman–Crippen LogP) is 6.98. The molecule has 0 aliphatic carbocycles. The van der Waals surface area contributed by atoms with Gasteiger partial charge in [-0.15, -0.1) is 0 Å². The number of benzene rings is 3. The molecule has 0 aromatic heterocycles. The van der Waals surface area contributed by atoms with Gasteiger partial charge in [-0.3, -0.25) is 0 Å². The van der Waals surface area contributed by atoms with Gasteiger partial charge in [-0.2, -0.15) is 0 Å². The summed E-state index contributed by atoms with van der Waals surface area (Å²) >= 11 is 0. The largest absolute Gasteiger partial charge is 0.508 e. The maximum atomic E-state index is 10.6. The normalized spacial score (nSPS) is 10.1. The topological polar surface area (TPSA) is 80.9 Å². The lowest BCUT2D eigenvalue weighted by molar-refractivity contribution is 0.445. The predicted molar refractivity (Wildman–Crippen MR) is 129 cm³/mol. The van der Waals surface area contributed by atoms with E-state index in [9.17, 15) is 20.4 Å². The third-order valence-electron chi connectivity index (χ3n) is 5.55. The molecule has 0 radical (unpaired) electrons. The van der Waals surface area contributed by atoms with Gasteiger partial charge in [0.2, 0.25) is 0 Å². The van der Waals surface area contributed by atoms with Crippen LogP contribution in [-0.2, 0) is 0 Å². The second kappa shape index (κ2) is 11.3. The summed E-state index contributed by atoms with van der Waals surface area (Å²) < 4.78 is 0. The van der Waals surface area contributed by atoms with E-state index in [4.69, 9.17) is 0 Å². The summed E-state index contributed by atoms with van der Waals surface area (Å²) in [4.78, 5) is 0. The third kappa shape index (κ3) is 5.32. The van der Waals surface area contributed by atoms with Crippen LogP contribution >= 0.6 is 0 Å². The lowest BCUT2D eigenvalue weighted by Gasteiger charge is -2.25. The van der Waals surface area contributed by atoms with E-state index in [0.717, 1.165) is 33.4 Å². The van der Waals surface area contributed by atoms with Crippen LogP contribution in [0.3, 0.4) is 0 Å². The molecule has 0 bridgehead atoms. The van der Waals surface area contributed by atoms with Crippen molar-refractivity contribution in [3.8, 4) is 23.0 Å². The fraction of sp³-hybridized carbons (Fsp3) is 0.333. The second-order valence-corrected chi connectivity index (χ2v) is 7.02. The van der Waals surface area contributed by atoms with Gasteiger partial charge < -0.3 is 20.4 Å². The first kappa shape index (κ1) is 25.9. The minimum Gasteiger partial charge on any atom is -0.508 e. The van der Waals surface area contributed by atoms with Crippen LogP contribution in [0.25, 0.3) is 0 Å². The second-order valence-electron chi connectivity index (χ2n) is 7.02. The Morgan fingerprint density at radius 3 is 1.26 bits per heavy atom. The zero-order chi connectivity index (χ0) is 23.9. The maximum absolute atomic E-state index is 10.6. The molecule has 0 atom stereocenters. The number of phenolic OH excluding ortho intramolecular Hbond substituents is 4. The molecule has 0 saturated heterocycles. The number of aromatic hydroxyl groups is 4. The van der Waals surface area contributed by atoms with Gasteiger partial charge in [-0.1, -0.05) is 45.9 Å². The SMILES string of the molecule is CC.CC.Cc1c(O)ccc(C(c2ccc(O)cc2O)c2ccc(O)c(C)c2C)c1C. The minimum absolute atomic E-state index is 0.00439. The van der Waals surface area contributed by atoms with Gasteiger partial charge in [0.1, 0.15) is 23.0 Å². The lowest BCUT2D eigenvalue weighted by Crippen LogP contribution is -2.09. The first-order valence-corrected chi connectivity index (χ1v) is 10.8. The van der Waals surface area contributed by atoms with Crippen LogP contribution in [0.2, 0.25) is 0 Å². The molecular weight excluding hydrogens is 388 g/mol. The summed E-state index contributed by atoms with van der Waals surface area (Å²) in [6, 6.07) is 11.6. The summed E-state index contributed by atoms with van der Waals surface area (Å²) in [7, 11) is 0. The summed E-state index contributed by atoms with van der Waals surface area (Å²) in [5, 5.41) is 40.4. The summed E-state index contributed by atoms with van der Waals surface area (Å²) in [6.45, 7) is 15.6. The van der Waals surface area contributed by atoms with Crippen molar-refractivity contribution in [3.05, 3.63) is 81.4 Å². The van der Waals surface area contributed by atoms with Gasteiger partial charge in [-0.05, 0) is 79.3 Å². The summed E-state index contributed by atoms with van der Waals surface area (Å²) in [6.07, 6.45) is 0.